The van der Waals surface area contributed by atoms with E-state index in [0.29, 0.717) is 19.7 Å². The van der Waals surface area contributed by atoms with Crippen LogP contribution in [0.3, 0.4) is 0 Å². The van der Waals surface area contributed by atoms with Gasteiger partial charge in [-0.1, -0.05) is 71.9 Å². The van der Waals surface area contributed by atoms with E-state index in [4.69, 9.17) is 4.74 Å². The van der Waals surface area contributed by atoms with Gasteiger partial charge in [0.05, 0.1) is 0 Å². The van der Waals surface area contributed by atoms with Crippen LogP contribution in [0, 0.1) is 10.8 Å². The molecule has 0 unspecified atom stereocenters. The van der Waals surface area contributed by atoms with Crippen molar-refractivity contribution in [2.45, 2.75) is 80.4 Å². The van der Waals surface area contributed by atoms with Crippen molar-refractivity contribution in [3.05, 3.63) is 35.9 Å². The second-order valence-corrected chi connectivity index (χ2v) is 11.5. The van der Waals surface area contributed by atoms with Gasteiger partial charge in [0.2, 0.25) is 0 Å². The monoisotopic (exact) mass is 461 g/mol. The molecule has 1 fully saturated rings. The lowest BCUT2D eigenvalue weighted by Gasteiger charge is -2.22. The number of rotatable bonds is 6. The summed E-state index contributed by atoms with van der Waals surface area (Å²) in [6.45, 7) is 17.8. The standard InChI is InChI=1S/C14H21NO2.C12H22N2O2/c1-14(2,3)9-10-15-13(16)17-11-12-7-5-4-6-8-12;1-11(2,3)7-8-14-9(15)12(4,5)13(6)10(14)16/h4-8H,9-11H2,1-3H3,(H,15,16);7-8H2,1-6H3. The molecule has 1 N–H and O–H groups in total. The van der Waals surface area contributed by atoms with Crippen LogP contribution in [0.4, 0.5) is 9.59 Å². The SMILES string of the molecule is CC(C)(C)CCNC(=O)OCc1ccccc1.CN1C(=O)N(CCC(C)(C)C)C(=O)C1(C)C. The highest BCUT2D eigenvalue weighted by atomic mass is 16.5. The van der Waals surface area contributed by atoms with E-state index in [1.165, 1.54) is 9.80 Å². The van der Waals surface area contributed by atoms with Crippen LogP contribution in [0.5, 0.6) is 0 Å². The minimum absolute atomic E-state index is 0.0933. The number of carbonyl (C=O) groups excluding carboxylic acids is 3. The summed E-state index contributed by atoms with van der Waals surface area (Å²) >= 11 is 0. The molecule has 4 amide bonds. The van der Waals surface area contributed by atoms with Crippen LogP contribution >= 0.6 is 0 Å². The third-order valence-electron chi connectivity index (χ3n) is 5.57. The van der Waals surface area contributed by atoms with Gasteiger partial charge in [-0.25, -0.2) is 9.59 Å². The van der Waals surface area contributed by atoms with Crippen molar-refractivity contribution < 1.29 is 19.1 Å². The number of amides is 4. The average Bonchev–Trinajstić information content (AvgIpc) is 2.84. The summed E-state index contributed by atoms with van der Waals surface area (Å²) in [6, 6.07) is 9.48. The third-order valence-corrected chi connectivity index (χ3v) is 5.57. The minimum atomic E-state index is -0.699. The topological polar surface area (TPSA) is 79.0 Å². The molecule has 0 spiro atoms. The molecule has 0 radical (unpaired) electrons. The van der Waals surface area contributed by atoms with Gasteiger partial charge in [0.15, 0.2) is 0 Å². The van der Waals surface area contributed by atoms with Crippen molar-refractivity contribution >= 4 is 18.0 Å². The number of carbonyl (C=O) groups is 3. The Bertz CT molecular complexity index is 792. The van der Waals surface area contributed by atoms with Crippen molar-refractivity contribution in [3.63, 3.8) is 0 Å². The summed E-state index contributed by atoms with van der Waals surface area (Å²) in [6.07, 6.45) is 1.42. The van der Waals surface area contributed by atoms with Crippen molar-refractivity contribution in [2.24, 2.45) is 10.8 Å². The van der Waals surface area contributed by atoms with E-state index in [0.717, 1.165) is 18.4 Å². The summed E-state index contributed by atoms with van der Waals surface area (Å²) in [5.74, 6) is -0.0933. The quantitative estimate of drug-likeness (QED) is 0.572. The smallest absolute Gasteiger partial charge is 0.407 e. The molecule has 0 aliphatic carbocycles. The van der Waals surface area contributed by atoms with Gasteiger partial charge in [-0.2, -0.15) is 0 Å². The highest BCUT2D eigenvalue weighted by Crippen LogP contribution is 2.28. The Hall–Kier alpha value is -2.57. The lowest BCUT2D eigenvalue weighted by Crippen LogP contribution is -2.41. The number of nitrogens with zero attached hydrogens (tertiary/aromatic N) is 2. The molecule has 2 rings (SSSR count). The molecular weight excluding hydrogens is 418 g/mol. The number of urea groups is 1. The molecule has 7 nitrogen and oxygen atoms in total. The Labute approximate surface area is 199 Å². The fourth-order valence-electron chi connectivity index (χ4n) is 2.94. The Balaban J connectivity index is 0.000000331. The number of imide groups is 1. The Morgan fingerprint density at radius 1 is 0.970 bits per heavy atom. The van der Waals surface area contributed by atoms with Gasteiger partial charge in [-0.05, 0) is 43.1 Å². The van der Waals surface area contributed by atoms with Crippen LogP contribution in [-0.2, 0) is 16.1 Å². The zero-order valence-electron chi connectivity index (χ0n) is 21.9. The third kappa shape index (κ3) is 9.84. The van der Waals surface area contributed by atoms with E-state index in [1.807, 2.05) is 30.3 Å². The molecule has 1 aromatic carbocycles. The second kappa shape index (κ2) is 11.5. The lowest BCUT2D eigenvalue weighted by molar-refractivity contribution is -0.131. The van der Waals surface area contributed by atoms with Gasteiger partial charge >= 0.3 is 12.1 Å². The molecule has 0 bridgehead atoms. The number of benzene rings is 1. The van der Waals surface area contributed by atoms with Crippen molar-refractivity contribution in [2.75, 3.05) is 20.1 Å². The van der Waals surface area contributed by atoms with Crippen LogP contribution in [-0.4, -0.2) is 53.5 Å². The maximum Gasteiger partial charge on any atom is 0.407 e. The van der Waals surface area contributed by atoms with E-state index < -0.39 is 5.54 Å². The fourth-order valence-corrected chi connectivity index (χ4v) is 2.94. The van der Waals surface area contributed by atoms with Crippen LogP contribution in [0.1, 0.15) is 73.8 Å². The predicted molar refractivity (Wildman–Crippen MR) is 132 cm³/mol. The van der Waals surface area contributed by atoms with E-state index in [1.54, 1.807) is 20.9 Å². The van der Waals surface area contributed by atoms with Crippen molar-refractivity contribution in [1.29, 1.82) is 0 Å². The molecule has 1 aromatic rings. The molecule has 1 heterocycles. The zero-order valence-corrected chi connectivity index (χ0v) is 21.9. The number of likely N-dealkylation sites (N-methyl/N-ethyl adjacent to an activating group) is 1. The molecule has 1 aliphatic heterocycles. The highest BCUT2D eigenvalue weighted by molar-refractivity contribution is 6.06. The van der Waals surface area contributed by atoms with E-state index in [2.05, 4.69) is 46.9 Å². The minimum Gasteiger partial charge on any atom is -0.445 e. The number of hydrogen-bond donors (Lipinski definition) is 1. The van der Waals surface area contributed by atoms with Gasteiger partial charge < -0.3 is 15.0 Å². The van der Waals surface area contributed by atoms with Gasteiger partial charge in [0.25, 0.3) is 5.91 Å². The first-order valence-electron chi connectivity index (χ1n) is 11.6. The van der Waals surface area contributed by atoms with E-state index >= 15 is 0 Å². The first kappa shape index (κ1) is 28.5. The fraction of sp³-hybridized carbons (Fsp3) is 0.654. The molecule has 0 atom stereocenters. The van der Waals surface area contributed by atoms with Crippen LogP contribution < -0.4 is 5.32 Å². The molecule has 1 aliphatic rings. The van der Waals surface area contributed by atoms with Crippen molar-refractivity contribution in [3.8, 4) is 0 Å². The van der Waals surface area contributed by atoms with Crippen LogP contribution in [0.15, 0.2) is 30.3 Å². The lowest BCUT2D eigenvalue weighted by atomic mass is 9.92. The summed E-state index contributed by atoms with van der Waals surface area (Å²) in [7, 11) is 1.68. The Kier molecular flexibility index (Phi) is 9.94. The van der Waals surface area contributed by atoms with Crippen LogP contribution in [0.2, 0.25) is 0 Å². The second-order valence-electron chi connectivity index (χ2n) is 11.5. The maximum absolute atomic E-state index is 12.0. The normalized spacial score (nSPS) is 15.8. The average molecular weight is 462 g/mol. The molecule has 0 saturated carbocycles. The predicted octanol–water partition coefficient (Wildman–Crippen LogP) is 5.44. The van der Waals surface area contributed by atoms with Gasteiger partial charge in [0.1, 0.15) is 12.1 Å². The number of ether oxygens (including phenoxy) is 1. The summed E-state index contributed by atoms with van der Waals surface area (Å²) < 4.78 is 5.09. The van der Waals surface area contributed by atoms with Crippen LogP contribution in [0.25, 0.3) is 0 Å². The molecular formula is C26H43N3O4. The first-order chi connectivity index (χ1) is 15.0. The molecule has 0 aromatic heterocycles. The zero-order chi connectivity index (χ0) is 25.4. The van der Waals surface area contributed by atoms with Gasteiger partial charge in [-0.15, -0.1) is 0 Å². The van der Waals surface area contributed by atoms with Gasteiger partial charge in [-0.3, -0.25) is 9.69 Å². The Morgan fingerprint density at radius 3 is 1.97 bits per heavy atom. The van der Waals surface area contributed by atoms with Crippen molar-refractivity contribution in [1.82, 2.24) is 15.1 Å². The molecule has 186 valence electrons. The number of alkyl carbamates (subject to hydrolysis) is 1. The summed E-state index contributed by atoms with van der Waals surface area (Å²) in [5, 5.41) is 2.75. The number of nitrogens with one attached hydrogen (secondary N) is 1. The maximum atomic E-state index is 12.0. The molecule has 33 heavy (non-hydrogen) atoms. The van der Waals surface area contributed by atoms with E-state index in [9.17, 15) is 14.4 Å². The largest absolute Gasteiger partial charge is 0.445 e. The van der Waals surface area contributed by atoms with Gasteiger partial charge in [0, 0.05) is 20.1 Å². The molecule has 1 saturated heterocycles. The Morgan fingerprint density at radius 2 is 1.52 bits per heavy atom. The molecule has 7 heteroatoms. The summed E-state index contributed by atoms with van der Waals surface area (Å²) in [4.78, 5) is 38.2. The summed E-state index contributed by atoms with van der Waals surface area (Å²) in [5.41, 5.74) is 0.659. The highest BCUT2D eigenvalue weighted by Gasteiger charge is 2.49. The van der Waals surface area contributed by atoms with E-state index in [-0.39, 0.29) is 28.9 Å². The number of hydrogen-bond acceptors (Lipinski definition) is 4. The first-order valence-corrected chi connectivity index (χ1v) is 11.6.